The van der Waals surface area contributed by atoms with Crippen molar-refractivity contribution in [2.24, 2.45) is 0 Å². The highest BCUT2D eigenvalue weighted by atomic mass is 127. The molecule has 1 heterocycles. The molecule has 4 nitrogen and oxygen atoms in total. The van der Waals surface area contributed by atoms with E-state index in [1.807, 2.05) is 22.6 Å². The Balaban J connectivity index is 2.40. The summed E-state index contributed by atoms with van der Waals surface area (Å²) in [7, 11) is 0. The number of halogens is 3. The van der Waals surface area contributed by atoms with Gasteiger partial charge in [-0.05, 0) is 12.1 Å². The molecule has 0 saturated carbocycles. The van der Waals surface area contributed by atoms with Crippen LogP contribution in [0.3, 0.4) is 0 Å². The zero-order valence-corrected chi connectivity index (χ0v) is 9.89. The number of benzene rings is 1. The van der Waals surface area contributed by atoms with Crippen LogP contribution < -0.4 is 4.74 Å². The summed E-state index contributed by atoms with van der Waals surface area (Å²) >= 11 is 1.84. The van der Waals surface area contributed by atoms with E-state index in [1.165, 1.54) is 6.07 Å². The Bertz CT molecular complexity index is 490. The lowest BCUT2D eigenvalue weighted by atomic mass is 10.2. The van der Waals surface area contributed by atoms with Gasteiger partial charge < -0.3 is 9.15 Å². The van der Waals surface area contributed by atoms with E-state index < -0.39 is 6.61 Å². The van der Waals surface area contributed by atoms with Crippen molar-refractivity contribution in [3.8, 4) is 17.2 Å². The van der Waals surface area contributed by atoms with Crippen molar-refractivity contribution in [2.45, 2.75) is 6.61 Å². The first-order chi connectivity index (χ1) is 7.66. The maximum absolute atomic E-state index is 12.1. The van der Waals surface area contributed by atoms with Crippen molar-refractivity contribution < 1.29 is 17.9 Å². The minimum atomic E-state index is -2.89. The summed E-state index contributed by atoms with van der Waals surface area (Å²) in [5, 5.41) is 7.35. The quantitative estimate of drug-likeness (QED) is 0.808. The summed E-state index contributed by atoms with van der Waals surface area (Å²) in [4.78, 5) is 0. The van der Waals surface area contributed by atoms with Gasteiger partial charge in [0.15, 0.2) is 0 Å². The van der Waals surface area contributed by atoms with Gasteiger partial charge in [-0.25, -0.2) is 0 Å². The van der Waals surface area contributed by atoms with Gasteiger partial charge in [0, 0.05) is 22.6 Å². The summed E-state index contributed by atoms with van der Waals surface area (Å²) < 4.78 is 34.1. The number of hydrogen-bond acceptors (Lipinski definition) is 4. The minimum Gasteiger partial charge on any atom is -0.434 e. The molecule has 84 valence electrons. The fraction of sp³-hybridized carbons (Fsp3) is 0.111. The molecule has 0 unspecified atom stereocenters. The predicted molar refractivity (Wildman–Crippen MR) is 59.1 cm³/mol. The van der Waals surface area contributed by atoms with Crippen molar-refractivity contribution in [3.63, 3.8) is 0 Å². The van der Waals surface area contributed by atoms with E-state index in [9.17, 15) is 8.78 Å². The number of hydrogen-bond donors (Lipinski definition) is 0. The predicted octanol–water partition coefficient (Wildman–Crippen LogP) is 2.94. The number of ether oxygens (including phenoxy) is 1. The highest BCUT2D eigenvalue weighted by Gasteiger charge is 2.15. The van der Waals surface area contributed by atoms with Gasteiger partial charge in [-0.1, -0.05) is 12.1 Å². The number of aromatic nitrogens is 2. The fourth-order valence-electron chi connectivity index (χ4n) is 1.16. The Morgan fingerprint density at radius 2 is 2.00 bits per heavy atom. The molecular formula is C9H5F2IN2O2. The van der Waals surface area contributed by atoms with Crippen LogP contribution in [0.5, 0.6) is 5.75 Å². The van der Waals surface area contributed by atoms with Crippen LogP contribution in [-0.2, 0) is 0 Å². The first-order valence-electron chi connectivity index (χ1n) is 4.20. The molecule has 0 amide bonds. The molecule has 0 fully saturated rings. The molecule has 0 aliphatic carbocycles. The summed E-state index contributed by atoms with van der Waals surface area (Å²) in [5.74, 6) is 0.165. The Labute approximate surface area is 103 Å². The number of nitrogens with zero attached hydrogens (tertiary/aromatic N) is 2. The van der Waals surface area contributed by atoms with Gasteiger partial charge in [-0.3, -0.25) is 0 Å². The average Bonchev–Trinajstić information content (AvgIpc) is 2.65. The van der Waals surface area contributed by atoms with Gasteiger partial charge in [-0.2, -0.15) is 8.78 Å². The molecule has 1 aromatic carbocycles. The molecule has 0 radical (unpaired) electrons. The zero-order valence-electron chi connectivity index (χ0n) is 7.73. The Kier molecular flexibility index (Phi) is 3.32. The van der Waals surface area contributed by atoms with Crippen molar-refractivity contribution >= 4 is 22.6 Å². The number of alkyl halides is 2. The van der Waals surface area contributed by atoms with E-state index in [-0.39, 0.29) is 11.6 Å². The minimum absolute atomic E-state index is 0.0116. The van der Waals surface area contributed by atoms with Gasteiger partial charge in [-0.15, -0.1) is 10.2 Å². The van der Waals surface area contributed by atoms with E-state index >= 15 is 0 Å². The zero-order chi connectivity index (χ0) is 11.5. The Morgan fingerprint density at radius 1 is 1.25 bits per heavy atom. The summed E-state index contributed by atoms with van der Waals surface area (Å²) in [6, 6.07) is 6.24. The van der Waals surface area contributed by atoms with Gasteiger partial charge in [0.05, 0.1) is 5.56 Å². The lowest BCUT2D eigenvalue weighted by Gasteiger charge is -2.06. The molecule has 2 aromatic rings. The molecule has 0 atom stereocenters. The fourth-order valence-corrected chi connectivity index (χ4v) is 1.47. The molecule has 2 rings (SSSR count). The summed E-state index contributed by atoms with van der Waals surface area (Å²) in [5.41, 5.74) is 0.346. The van der Waals surface area contributed by atoms with Crippen LogP contribution in [0.1, 0.15) is 0 Å². The maximum Gasteiger partial charge on any atom is 0.387 e. The summed E-state index contributed by atoms with van der Waals surface area (Å²) in [6.45, 7) is -2.89. The van der Waals surface area contributed by atoms with Gasteiger partial charge >= 0.3 is 6.61 Å². The SMILES string of the molecule is FC(F)Oc1ccccc1-c1nnc(I)o1. The second kappa shape index (κ2) is 4.73. The standard InChI is InChI=1S/C9H5F2IN2O2/c10-8(11)15-6-4-2-1-3-5(6)7-13-14-9(12)16-7/h1-4,8H. The van der Waals surface area contributed by atoms with Crippen LogP contribution >= 0.6 is 22.6 Å². The van der Waals surface area contributed by atoms with Crippen molar-refractivity contribution in [1.29, 1.82) is 0 Å². The first kappa shape index (κ1) is 11.2. The van der Waals surface area contributed by atoms with Crippen LogP contribution in [0, 0.1) is 3.90 Å². The monoisotopic (exact) mass is 338 g/mol. The molecule has 0 bridgehead atoms. The van der Waals surface area contributed by atoms with Gasteiger partial charge in [0.1, 0.15) is 5.75 Å². The third-order valence-electron chi connectivity index (χ3n) is 1.73. The third-order valence-corrected chi connectivity index (χ3v) is 2.17. The first-order valence-corrected chi connectivity index (χ1v) is 5.28. The average molecular weight is 338 g/mol. The van der Waals surface area contributed by atoms with Crippen molar-refractivity contribution in [1.82, 2.24) is 10.2 Å². The van der Waals surface area contributed by atoms with Crippen molar-refractivity contribution in [2.75, 3.05) is 0 Å². The van der Waals surface area contributed by atoms with Gasteiger partial charge in [0.25, 0.3) is 9.79 Å². The normalized spacial score (nSPS) is 10.8. The number of para-hydroxylation sites is 1. The molecule has 0 aliphatic heterocycles. The molecule has 0 spiro atoms. The van der Waals surface area contributed by atoms with Crippen LogP contribution in [0.15, 0.2) is 28.7 Å². The van der Waals surface area contributed by atoms with E-state index in [1.54, 1.807) is 18.2 Å². The molecular weight excluding hydrogens is 333 g/mol. The van der Waals surface area contributed by atoms with E-state index in [0.717, 1.165) is 0 Å². The Morgan fingerprint density at radius 3 is 2.62 bits per heavy atom. The molecule has 0 N–H and O–H groups in total. The molecule has 7 heteroatoms. The van der Waals surface area contributed by atoms with E-state index in [4.69, 9.17) is 4.42 Å². The second-order valence-electron chi connectivity index (χ2n) is 2.73. The lowest BCUT2D eigenvalue weighted by Crippen LogP contribution is -2.03. The molecule has 1 aromatic heterocycles. The second-order valence-corrected chi connectivity index (χ2v) is 3.66. The summed E-state index contributed by atoms with van der Waals surface area (Å²) in [6.07, 6.45) is 0. The van der Waals surface area contributed by atoms with Crippen LogP contribution in [0.2, 0.25) is 0 Å². The molecule has 16 heavy (non-hydrogen) atoms. The van der Waals surface area contributed by atoms with E-state index in [0.29, 0.717) is 9.46 Å². The lowest BCUT2D eigenvalue weighted by molar-refractivity contribution is -0.0495. The maximum atomic E-state index is 12.1. The molecule has 0 saturated heterocycles. The van der Waals surface area contributed by atoms with Crippen LogP contribution in [-0.4, -0.2) is 16.8 Å². The Hall–Kier alpha value is -1.25. The number of rotatable bonds is 3. The highest BCUT2D eigenvalue weighted by Crippen LogP contribution is 2.29. The van der Waals surface area contributed by atoms with Gasteiger partial charge in [0.2, 0.25) is 0 Å². The molecule has 0 aliphatic rings. The van der Waals surface area contributed by atoms with Crippen LogP contribution in [0.25, 0.3) is 11.5 Å². The van der Waals surface area contributed by atoms with Crippen LogP contribution in [0.4, 0.5) is 8.78 Å². The third kappa shape index (κ3) is 2.46. The smallest absolute Gasteiger partial charge is 0.387 e. The largest absolute Gasteiger partial charge is 0.434 e. The van der Waals surface area contributed by atoms with E-state index in [2.05, 4.69) is 14.9 Å². The van der Waals surface area contributed by atoms with Crippen molar-refractivity contribution in [3.05, 3.63) is 28.2 Å². The highest BCUT2D eigenvalue weighted by molar-refractivity contribution is 14.1. The topological polar surface area (TPSA) is 48.2 Å².